The van der Waals surface area contributed by atoms with Crippen molar-refractivity contribution in [3.05, 3.63) is 39.9 Å². The average molecular weight is 352 g/mol. The van der Waals surface area contributed by atoms with Crippen LogP contribution in [0.15, 0.2) is 34.3 Å². The van der Waals surface area contributed by atoms with Gasteiger partial charge >= 0.3 is 0 Å². The van der Waals surface area contributed by atoms with Gasteiger partial charge in [-0.15, -0.1) is 0 Å². The second-order valence-corrected chi connectivity index (χ2v) is 6.26. The van der Waals surface area contributed by atoms with Crippen LogP contribution in [0.2, 0.25) is 0 Å². The van der Waals surface area contributed by atoms with Crippen molar-refractivity contribution >= 4 is 21.8 Å². The van der Waals surface area contributed by atoms with E-state index >= 15 is 0 Å². The molecule has 0 atom stereocenters. The number of halogens is 1. The second kappa shape index (κ2) is 8.23. The van der Waals surface area contributed by atoms with Gasteiger partial charge in [-0.3, -0.25) is 4.79 Å². The predicted octanol–water partition coefficient (Wildman–Crippen LogP) is 4.14. The molecule has 0 saturated heterocycles. The van der Waals surface area contributed by atoms with E-state index in [1.165, 1.54) is 31.3 Å². The summed E-state index contributed by atoms with van der Waals surface area (Å²) in [5.74, 6) is 0.660. The van der Waals surface area contributed by atoms with Crippen LogP contribution in [-0.4, -0.2) is 19.1 Å². The summed E-state index contributed by atoms with van der Waals surface area (Å²) in [6, 6.07) is 5.71. The molecular weight excluding hydrogens is 330 g/mol. The Labute approximate surface area is 134 Å². The molecule has 0 fully saturated rings. The average Bonchev–Trinajstić information content (AvgIpc) is 2.49. The largest absolute Gasteiger partial charge is 0.484 e. The van der Waals surface area contributed by atoms with Crippen LogP contribution in [-0.2, 0) is 4.79 Å². The molecule has 0 aliphatic heterocycles. The van der Waals surface area contributed by atoms with E-state index in [0.717, 1.165) is 22.2 Å². The first-order valence-electron chi connectivity index (χ1n) is 7.49. The van der Waals surface area contributed by atoms with Crippen LogP contribution in [0.4, 0.5) is 0 Å². The third kappa shape index (κ3) is 5.54. The maximum Gasteiger partial charge on any atom is 0.257 e. The number of nitrogens with one attached hydrogen (secondary N) is 1. The van der Waals surface area contributed by atoms with Crippen molar-refractivity contribution in [2.45, 2.75) is 39.0 Å². The topological polar surface area (TPSA) is 38.3 Å². The predicted molar refractivity (Wildman–Crippen MR) is 88.6 cm³/mol. The Kier molecular flexibility index (Phi) is 6.30. The maximum absolute atomic E-state index is 11.7. The number of ether oxygens (including phenoxy) is 1. The minimum Gasteiger partial charge on any atom is -0.484 e. The lowest BCUT2D eigenvalue weighted by Gasteiger charge is -2.13. The van der Waals surface area contributed by atoms with Gasteiger partial charge in [0.1, 0.15) is 5.75 Å². The summed E-state index contributed by atoms with van der Waals surface area (Å²) in [6.07, 6.45) is 8.24. The number of hydrogen-bond donors (Lipinski definition) is 1. The summed E-state index contributed by atoms with van der Waals surface area (Å²) in [6.45, 7) is 2.77. The van der Waals surface area contributed by atoms with Gasteiger partial charge in [0.05, 0.1) is 0 Å². The zero-order valence-electron chi connectivity index (χ0n) is 12.5. The Morgan fingerprint density at radius 2 is 2.24 bits per heavy atom. The summed E-state index contributed by atoms with van der Waals surface area (Å²) in [4.78, 5) is 11.7. The highest BCUT2D eigenvalue weighted by atomic mass is 79.9. The molecule has 1 N–H and O–H groups in total. The fourth-order valence-corrected chi connectivity index (χ4v) is 2.65. The van der Waals surface area contributed by atoms with Crippen molar-refractivity contribution in [3.63, 3.8) is 0 Å². The molecule has 0 saturated carbocycles. The number of carbonyl (C=O) groups excluding carboxylic acids is 1. The van der Waals surface area contributed by atoms with E-state index in [1.54, 1.807) is 0 Å². The van der Waals surface area contributed by atoms with E-state index in [1.807, 2.05) is 25.1 Å². The first kappa shape index (κ1) is 16.1. The van der Waals surface area contributed by atoms with Gasteiger partial charge in [0, 0.05) is 11.0 Å². The first-order valence-corrected chi connectivity index (χ1v) is 8.28. The van der Waals surface area contributed by atoms with Crippen LogP contribution in [0.5, 0.6) is 5.75 Å². The fourth-order valence-electron chi connectivity index (χ4n) is 2.40. The van der Waals surface area contributed by atoms with Gasteiger partial charge in [0.2, 0.25) is 0 Å². The Morgan fingerprint density at radius 1 is 1.38 bits per heavy atom. The molecule has 0 bridgehead atoms. The van der Waals surface area contributed by atoms with Gasteiger partial charge < -0.3 is 10.1 Å². The summed E-state index contributed by atoms with van der Waals surface area (Å²) < 4.78 is 6.54. The van der Waals surface area contributed by atoms with E-state index in [2.05, 4.69) is 27.3 Å². The van der Waals surface area contributed by atoms with E-state index in [4.69, 9.17) is 4.74 Å². The number of allylic oxidation sites excluding steroid dienone is 1. The van der Waals surface area contributed by atoms with Crippen LogP contribution >= 0.6 is 15.9 Å². The molecule has 1 aliphatic rings. The van der Waals surface area contributed by atoms with Crippen molar-refractivity contribution in [2.24, 2.45) is 0 Å². The minimum atomic E-state index is -0.0630. The summed E-state index contributed by atoms with van der Waals surface area (Å²) in [5, 5.41) is 2.91. The second-order valence-electron chi connectivity index (χ2n) is 5.41. The lowest BCUT2D eigenvalue weighted by Crippen LogP contribution is -2.30. The van der Waals surface area contributed by atoms with Gasteiger partial charge in [-0.1, -0.05) is 27.6 Å². The Bertz CT molecular complexity index is 526. The quantitative estimate of drug-likeness (QED) is 0.782. The number of amides is 1. The number of rotatable bonds is 6. The molecule has 114 valence electrons. The van der Waals surface area contributed by atoms with Crippen molar-refractivity contribution in [1.82, 2.24) is 5.32 Å². The zero-order chi connectivity index (χ0) is 15.1. The van der Waals surface area contributed by atoms with Gasteiger partial charge in [-0.05, 0) is 62.8 Å². The smallest absolute Gasteiger partial charge is 0.257 e. The molecule has 1 aromatic rings. The molecule has 3 nitrogen and oxygen atoms in total. The van der Waals surface area contributed by atoms with E-state index < -0.39 is 0 Å². The van der Waals surface area contributed by atoms with Gasteiger partial charge in [-0.2, -0.15) is 0 Å². The zero-order valence-corrected chi connectivity index (χ0v) is 14.0. The van der Waals surface area contributed by atoms with Crippen molar-refractivity contribution in [1.29, 1.82) is 0 Å². The maximum atomic E-state index is 11.7. The van der Waals surface area contributed by atoms with Crippen LogP contribution in [0.3, 0.4) is 0 Å². The van der Waals surface area contributed by atoms with Crippen LogP contribution in [0.25, 0.3) is 0 Å². The Balaban J connectivity index is 1.67. The summed E-state index contributed by atoms with van der Waals surface area (Å²) in [7, 11) is 0. The molecule has 4 heteroatoms. The number of aryl methyl sites for hydroxylation is 1. The molecule has 1 aromatic carbocycles. The summed E-state index contributed by atoms with van der Waals surface area (Å²) >= 11 is 3.44. The highest BCUT2D eigenvalue weighted by Crippen LogP contribution is 2.21. The molecule has 1 aliphatic carbocycles. The van der Waals surface area contributed by atoms with Crippen LogP contribution in [0.1, 0.15) is 37.7 Å². The SMILES string of the molecule is Cc1cc(OCC(=O)NCCC2=CCCCC2)ccc1Br. The Hall–Kier alpha value is -1.29. The number of carbonyl (C=O) groups is 1. The molecule has 0 spiro atoms. The van der Waals surface area contributed by atoms with E-state index in [-0.39, 0.29) is 12.5 Å². The third-order valence-corrected chi connectivity index (χ3v) is 4.54. The highest BCUT2D eigenvalue weighted by Gasteiger charge is 2.06. The molecule has 0 radical (unpaired) electrons. The van der Waals surface area contributed by atoms with E-state index in [9.17, 15) is 4.79 Å². The highest BCUT2D eigenvalue weighted by molar-refractivity contribution is 9.10. The van der Waals surface area contributed by atoms with Crippen molar-refractivity contribution < 1.29 is 9.53 Å². The van der Waals surface area contributed by atoms with E-state index in [0.29, 0.717) is 6.54 Å². The standard InChI is InChI=1S/C17H22BrNO2/c1-13-11-15(7-8-16(13)18)21-12-17(20)19-10-9-14-5-3-2-4-6-14/h5,7-8,11H,2-4,6,9-10,12H2,1H3,(H,19,20). The molecule has 0 heterocycles. The third-order valence-electron chi connectivity index (χ3n) is 3.65. The summed E-state index contributed by atoms with van der Waals surface area (Å²) in [5.41, 5.74) is 2.57. The van der Waals surface area contributed by atoms with Crippen LogP contribution in [0, 0.1) is 6.92 Å². The van der Waals surface area contributed by atoms with Crippen molar-refractivity contribution in [2.75, 3.05) is 13.2 Å². The first-order chi connectivity index (χ1) is 10.1. The van der Waals surface area contributed by atoms with Crippen LogP contribution < -0.4 is 10.1 Å². The normalized spacial score (nSPS) is 14.5. The molecule has 21 heavy (non-hydrogen) atoms. The van der Waals surface area contributed by atoms with Crippen molar-refractivity contribution in [3.8, 4) is 5.75 Å². The lowest BCUT2D eigenvalue weighted by atomic mass is 9.97. The van der Waals surface area contributed by atoms with Gasteiger partial charge in [-0.25, -0.2) is 0 Å². The molecular formula is C17H22BrNO2. The fraction of sp³-hybridized carbons (Fsp3) is 0.471. The molecule has 2 rings (SSSR count). The number of hydrogen-bond acceptors (Lipinski definition) is 2. The lowest BCUT2D eigenvalue weighted by molar-refractivity contribution is -0.123. The Morgan fingerprint density at radius 3 is 2.95 bits per heavy atom. The molecule has 0 unspecified atom stereocenters. The molecule has 1 amide bonds. The van der Waals surface area contributed by atoms with Gasteiger partial charge in [0.15, 0.2) is 6.61 Å². The van der Waals surface area contributed by atoms with Gasteiger partial charge in [0.25, 0.3) is 5.91 Å². The minimum absolute atomic E-state index is 0.0630. The monoisotopic (exact) mass is 351 g/mol. The number of benzene rings is 1. The molecule has 0 aromatic heterocycles.